The molecule has 0 radical (unpaired) electrons. The van der Waals surface area contributed by atoms with Gasteiger partial charge in [0.25, 0.3) is 5.91 Å². The van der Waals surface area contributed by atoms with Gasteiger partial charge >= 0.3 is 0 Å². The third-order valence-electron chi connectivity index (χ3n) is 5.22. The summed E-state index contributed by atoms with van der Waals surface area (Å²) >= 11 is 5.96. The maximum absolute atomic E-state index is 13.1. The Labute approximate surface area is 170 Å². The number of rotatable bonds is 5. The topological polar surface area (TPSA) is 32.8 Å². The fraction of sp³-hybridized carbons (Fsp3) is 0.409. The van der Waals surface area contributed by atoms with E-state index in [2.05, 4.69) is 18.7 Å². The minimum absolute atomic E-state index is 0.0114. The lowest BCUT2D eigenvalue weighted by atomic mass is 10.1. The van der Waals surface area contributed by atoms with Gasteiger partial charge in [0, 0.05) is 36.7 Å². The number of hydrogen-bond donors (Lipinski definition) is 0. The van der Waals surface area contributed by atoms with Gasteiger partial charge in [0.1, 0.15) is 11.6 Å². The van der Waals surface area contributed by atoms with Crippen LogP contribution in [0.5, 0.6) is 5.75 Å². The van der Waals surface area contributed by atoms with Gasteiger partial charge in [-0.2, -0.15) is 0 Å². The zero-order valence-corrected chi connectivity index (χ0v) is 17.2. The number of amides is 1. The van der Waals surface area contributed by atoms with Crippen molar-refractivity contribution in [1.29, 1.82) is 0 Å². The fourth-order valence-electron chi connectivity index (χ4n) is 3.59. The van der Waals surface area contributed by atoms with Crippen molar-refractivity contribution in [2.45, 2.75) is 39.4 Å². The summed E-state index contributed by atoms with van der Waals surface area (Å²) in [7, 11) is 0. The number of piperazine rings is 1. The van der Waals surface area contributed by atoms with E-state index in [1.807, 2.05) is 30.0 Å². The zero-order chi connectivity index (χ0) is 20.3. The van der Waals surface area contributed by atoms with Gasteiger partial charge in [-0.1, -0.05) is 23.7 Å². The predicted molar refractivity (Wildman–Crippen MR) is 109 cm³/mol. The van der Waals surface area contributed by atoms with Crippen LogP contribution in [0, 0.1) is 12.7 Å². The van der Waals surface area contributed by atoms with Gasteiger partial charge in [0.15, 0.2) is 6.61 Å². The molecule has 1 heterocycles. The molecule has 0 spiro atoms. The number of hydrogen-bond acceptors (Lipinski definition) is 3. The minimum Gasteiger partial charge on any atom is -0.483 e. The van der Waals surface area contributed by atoms with Gasteiger partial charge in [0.05, 0.1) is 0 Å². The molecule has 0 bridgehead atoms. The summed E-state index contributed by atoms with van der Waals surface area (Å²) in [6.45, 7) is 8.24. The molecule has 6 heteroatoms. The minimum atomic E-state index is -0.225. The van der Waals surface area contributed by atoms with E-state index in [0.717, 1.165) is 24.2 Å². The number of aryl methyl sites for hydroxylation is 1. The predicted octanol–water partition coefficient (Wildman–Crippen LogP) is 4.29. The molecule has 0 unspecified atom stereocenters. The summed E-state index contributed by atoms with van der Waals surface area (Å²) in [5, 5.41) is 0.649. The van der Waals surface area contributed by atoms with Crippen molar-refractivity contribution in [3.8, 4) is 5.75 Å². The molecular weight excluding hydrogens is 379 g/mol. The van der Waals surface area contributed by atoms with Crippen LogP contribution in [-0.2, 0) is 11.3 Å². The highest BCUT2D eigenvalue weighted by Gasteiger charge is 2.32. The van der Waals surface area contributed by atoms with Crippen LogP contribution < -0.4 is 4.74 Å². The summed E-state index contributed by atoms with van der Waals surface area (Å²) in [5.74, 6) is 0.431. The zero-order valence-electron chi connectivity index (χ0n) is 16.5. The number of ether oxygens (including phenoxy) is 1. The van der Waals surface area contributed by atoms with Crippen LogP contribution in [0.4, 0.5) is 4.39 Å². The molecule has 2 aromatic rings. The lowest BCUT2D eigenvalue weighted by Crippen LogP contribution is -2.58. The fourth-order valence-corrected chi connectivity index (χ4v) is 3.81. The van der Waals surface area contributed by atoms with Crippen LogP contribution in [0.15, 0.2) is 42.5 Å². The van der Waals surface area contributed by atoms with Crippen molar-refractivity contribution in [3.63, 3.8) is 0 Å². The Morgan fingerprint density at radius 2 is 1.86 bits per heavy atom. The van der Waals surface area contributed by atoms with E-state index in [9.17, 15) is 9.18 Å². The summed E-state index contributed by atoms with van der Waals surface area (Å²) in [4.78, 5) is 16.9. The summed E-state index contributed by atoms with van der Waals surface area (Å²) < 4.78 is 18.8. The number of benzene rings is 2. The molecule has 150 valence electrons. The smallest absolute Gasteiger partial charge is 0.260 e. The SMILES string of the molecule is Cc1cc(Cl)ccc1OCC(=O)N1C[C@H](C)N(Cc2ccc(F)cc2)C[C@H]1C. The molecule has 2 aromatic carbocycles. The lowest BCUT2D eigenvalue weighted by Gasteiger charge is -2.44. The molecule has 1 saturated heterocycles. The van der Waals surface area contributed by atoms with E-state index < -0.39 is 0 Å². The van der Waals surface area contributed by atoms with Crippen LogP contribution in [0.3, 0.4) is 0 Å². The van der Waals surface area contributed by atoms with Gasteiger partial charge in [-0.25, -0.2) is 4.39 Å². The van der Waals surface area contributed by atoms with Crippen LogP contribution in [0.1, 0.15) is 25.0 Å². The Bertz CT molecular complexity index is 828. The monoisotopic (exact) mass is 404 g/mol. The van der Waals surface area contributed by atoms with Crippen LogP contribution in [0.2, 0.25) is 5.02 Å². The quantitative estimate of drug-likeness (QED) is 0.745. The molecule has 1 amide bonds. The average Bonchev–Trinajstić information content (AvgIpc) is 2.65. The maximum atomic E-state index is 13.1. The first-order valence-electron chi connectivity index (χ1n) is 9.50. The van der Waals surface area contributed by atoms with Gasteiger partial charge in [-0.05, 0) is 62.2 Å². The van der Waals surface area contributed by atoms with Crippen molar-refractivity contribution in [1.82, 2.24) is 9.80 Å². The second kappa shape index (κ2) is 8.93. The molecule has 0 saturated carbocycles. The normalized spacial score (nSPS) is 20.2. The molecule has 0 N–H and O–H groups in total. The molecule has 1 aliphatic heterocycles. The molecule has 28 heavy (non-hydrogen) atoms. The number of carbonyl (C=O) groups is 1. The Balaban J connectivity index is 1.57. The Morgan fingerprint density at radius 1 is 1.14 bits per heavy atom. The van der Waals surface area contributed by atoms with Crippen molar-refractivity contribution in [2.24, 2.45) is 0 Å². The molecule has 3 rings (SSSR count). The first-order chi connectivity index (χ1) is 13.3. The molecule has 1 fully saturated rings. The van der Waals surface area contributed by atoms with Gasteiger partial charge in [0.2, 0.25) is 0 Å². The van der Waals surface area contributed by atoms with Crippen LogP contribution >= 0.6 is 11.6 Å². The van der Waals surface area contributed by atoms with Crippen molar-refractivity contribution >= 4 is 17.5 Å². The highest BCUT2D eigenvalue weighted by Crippen LogP contribution is 2.23. The standard InChI is InChI=1S/C22H26ClFN2O2/c1-15-10-19(23)6-9-21(15)28-14-22(27)26-12-16(2)25(11-17(26)3)13-18-4-7-20(24)8-5-18/h4-10,16-17H,11-14H2,1-3H3/t16-,17+/m0/s1. The number of halogens is 2. The van der Waals surface area contributed by atoms with Gasteiger partial charge in [-0.3, -0.25) is 9.69 Å². The molecule has 4 nitrogen and oxygen atoms in total. The van der Waals surface area contributed by atoms with Crippen molar-refractivity contribution in [2.75, 3.05) is 19.7 Å². The Hall–Kier alpha value is -2.11. The Morgan fingerprint density at radius 3 is 2.54 bits per heavy atom. The highest BCUT2D eigenvalue weighted by atomic mass is 35.5. The first kappa shape index (κ1) is 20.6. The van der Waals surface area contributed by atoms with Crippen LogP contribution in [-0.4, -0.2) is 47.5 Å². The van der Waals surface area contributed by atoms with Gasteiger partial charge in [-0.15, -0.1) is 0 Å². The molecular formula is C22H26ClFN2O2. The van der Waals surface area contributed by atoms with E-state index >= 15 is 0 Å². The van der Waals surface area contributed by atoms with Crippen LogP contribution in [0.25, 0.3) is 0 Å². The number of carbonyl (C=O) groups excluding carboxylic acids is 1. The van der Waals surface area contributed by atoms with E-state index in [4.69, 9.17) is 16.3 Å². The van der Waals surface area contributed by atoms with E-state index in [-0.39, 0.29) is 30.4 Å². The largest absolute Gasteiger partial charge is 0.483 e. The summed E-state index contributed by atoms with van der Waals surface area (Å²) in [6.07, 6.45) is 0. The second-order valence-electron chi connectivity index (χ2n) is 7.50. The average molecular weight is 405 g/mol. The molecule has 1 aliphatic rings. The Kier molecular flexibility index (Phi) is 6.57. The third-order valence-corrected chi connectivity index (χ3v) is 5.46. The van der Waals surface area contributed by atoms with Crippen molar-refractivity contribution in [3.05, 3.63) is 64.4 Å². The highest BCUT2D eigenvalue weighted by molar-refractivity contribution is 6.30. The first-order valence-corrected chi connectivity index (χ1v) is 9.88. The molecule has 0 aliphatic carbocycles. The molecule has 2 atom stereocenters. The summed E-state index contributed by atoms with van der Waals surface area (Å²) in [6, 6.07) is 12.3. The number of nitrogens with zero attached hydrogens (tertiary/aromatic N) is 2. The van der Waals surface area contributed by atoms with E-state index in [1.54, 1.807) is 12.1 Å². The second-order valence-corrected chi connectivity index (χ2v) is 7.93. The molecule has 0 aromatic heterocycles. The maximum Gasteiger partial charge on any atom is 0.260 e. The lowest BCUT2D eigenvalue weighted by molar-refractivity contribution is -0.139. The van der Waals surface area contributed by atoms with Crippen molar-refractivity contribution < 1.29 is 13.9 Å². The van der Waals surface area contributed by atoms with E-state index in [1.165, 1.54) is 12.1 Å². The van der Waals surface area contributed by atoms with Gasteiger partial charge < -0.3 is 9.64 Å². The van der Waals surface area contributed by atoms with E-state index in [0.29, 0.717) is 17.3 Å². The summed E-state index contributed by atoms with van der Waals surface area (Å²) in [5.41, 5.74) is 1.98. The third kappa shape index (κ3) is 5.03.